The number of nitrogens with one attached hydrogen (secondary N) is 2. The molecule has 2 N–H and O–H groups in total. The van der Waals surface area contributed by atoms with Crippen LogP contribution in [0.5, 0.6) is 5.75 Å². The zero-order valence-electron chi connectivity index (χ0n) is 14.4. The molecule has 1 amide bonds. The van der Waals surface area contributed by atoms with Crippen LogP contribution in [-0.4, -0.2) is 33.2 Å². The molecule has 2 aromatic carbocycles. The predicted molar refractivity (Wildman–Crippen MR) is 98.5 cm³/mol. The number of anilines is 1. The second-order valence-corrected chi connectivity index (χ2v) is 7.65. The first-order valence-corrected chi connectivity index (χ1v) is 9.71. The standard InChI is InChI=1S/C18H22N2O4S/c1-13-7-4-5-10-17(13)24-12-14(2)19-18(21)15-8-6-9-16(11-15)20-25(3,22)23/h4-11,14,20H,12H2,1-3H3,(H,19,21)/t14-/m0/s1. The molecule has 7 heteroatoms. The quantitative estimate of drug-likeness (QED) is 0.793. The third-order valence-corrected chi connectivity index (χ3v) is 3.99. The van der Waals surface area contributed by atoms with Gasteiger partial charge in [0.05, 0.1) is 12.3 Å². The highest BCUT2D eigenvalue weighted by Gasteiger charge is 2.12. The molecule has 0 aliphatic carbocycles. The van der Waals surface area contributed by atoms with E-state index in [1.54, 1.807) is 18.2 Å². The number of ether oxygens (including phenoxy) is 1. The van der Waals surface area contributed by atoms with Crippen molar-refractivity contribution in [1.82, 2.24) is 5.32 Å². The number of para-hydroxylation sites is 1. The van der Waals surface area contributed by atoms with Crippen molar-refractivity contribution in [1.29, 1.82) is 0 Å². The van der Waals surface area contributed by atoms with Gasteiger partial charge in [-0.3, -0.25) is 9.52 Å². The fourth-order valence-corrected chi connectivity index (χ4v) is 2.78. The highest BCUT2D eigenvalue weighted by atomic mass is 32.2. The lowest BCUT2D eigenvalue weighted by Gasteiger charge is -2.16. The van der Waals surface area contributed by atoms with Gasteiger partial charge in [0.1, 0.15) is 12.4 Å². The van der Waals surface area contributed by atoms with E-state index in [0.717, 1.165) is 17.6 Å². The summed E-state index contributed by atoms with van der Waals surface area (Å²) in [7, 11) is -3.39. The average molecular weight is 362 g/mol. The summed E-state index contributed by atoms with van der Waals surface area (Å²) >= 11 is 0. The van der Waals surface area contributed by atoms with E-state index in [9.17, 15) is 13.2 Å². The van der Waals surface area contributed by atoms with Crippen LogP contribution >= 0.6 is 0 Å². The van der Waals surface area contributed by atoms with E-state index in [-0.39, 0.29) is 11.9 Å². The van der Waals surface area contributed by atoms with Crippen molar-refractivity contribution >= 4 is 21.6 Å². The average Bonchev–Trinajstić information content (AvgIpc) is 2.52. The molecule has 6 nitrogen and oxygen atoms in total. The van der Waals surface area contributed by atoms with Crippen LogP contribution in [0.25, 0.3) is 0 Å². The number of hydrogen-bond acceptors (Lipinski definition) is 4. The Labute approximate surface area is 148 Å². The minimum absolute atomic E-state index is 0.210. The van der Waals surface area contributed by atoms with Gasteiger partial charge in [-0.25, -0.2) is 8.42 Å². The molecule has 25 heavy (non-hydrogen) atoms. The molecule has 0 saturated carbocycles. The number of aryl methyl sites for hydroxylation is 1. The molecule has 0 bridgehead atoms. The highest BCUT2D eigenvalue weighted by molar-refractivity contribution is 7.92. The Morgan fingerprint density at radius 1 is 1.16 bits per heavy atom. The molecule has 0 aromatic heterocycles. The Kier molecular flexibility index (Phi) is 6.03. The maximum Gasteiger partial charge on any atom is 0.251 e. The maximum absolute atomic E-state index is 12.3. The molecule has 0 radical (unpaired) electrons. The first-order chi connectivity index (χ1) is 11.7. The van der Waals surface area contributed by atoms with E-state index in [0.29, 0.717) is 17.9 Å². The molecule has 0 heterocycles. The molecule has 0 spiro atoms. The molecular formula is C18H22N2O4S. The fourth-order valence-electron chi connectivity index (χ4n) is 2.22. The van der Waals surface area contributed by atoms with Gasteiger partial charge in [0.2, 0.25) is 10.0 Å². The number of sulfonamides is 1. The lowest BCUT2D eigenvalue weighted by Crippen LogP contribution is -2.36. The van der Waals surface area contributed by atoms with Crippen molar-refractivity contribution in [2.75, 3.05) is 17.6 Å². The first kappa shape index (κ1) is 18.8. The van der Waals surface area contributed by atoms with E-state index in [4.69, 9.17) is 4.74 Å². The molecule has 0 aliphatic rings. The summed E-state index contributed by atoms with van der Waals surface area (Å²) in [4.78, 5) is 12.3. The number of hydrogen-bond donors (Lipinski definition) is 2. The van der Waals surface area contributed by atoms with Gasteiger partial charge < -0.3 is 10.1 Å². The second kappa shape index (κ2) is 8.02. The molecule has 2 rings (SSSR count). The summed E-state index contributed by atoms with van der Waals surface area (Å²) in [6.45, 7) is 4.13. The topological polar surface area (TPSA) is 84.5 Å². The summed E-state index contributed by atoms with van der Waals surface area (Å²) in [5, 5.41) is 2.83. The number of carbonyl (C=O) groups is 1. The molecule has 0 unspecified atom stereocenters. The van der Waals surface area contributed by atoms with Crippen molar-refractivity contribution in [2.45, 2.75) is 19.9 Å². The van der Waals surface area contributed by atoms with Crippen LogP contribution < -0.4 is 14.8 Å². The van der Waals surface area contributed by atoms with Gasteiger partial charge in [-0.1, -0.05) is 24.3 Å². The van der Waals surface area contributed by atoms with Crippen LogP contribution in [0.2, 0.25) is 0 Å². The molecule has 0 saturated heterocycles. The Hall–Kier alpha value is -2.54. The Morgan fingerprint density at radius 3 is 2.56 bits per heavy atom. The molecule has 2 aromatic rings. The van der Waals surface area contributed by atoms with Crippen LogP contribution in [-0.2, 0) is 10.0 Å². The zero-order valence-corrected chi connectivity index (χ0v) is 15.3. The Morgan fingerprint density at radius 2 is 1.88 bits per heavy atom. The van der Waals surface area contributed by atoms with E-state index in [1.165, 1.54) is 6.07 Å². The lowest BCUT2D eigenvalue weighted by atomic mass is 10.2. The first-order valence-electron chi connectivity index (χ1n) is 7.82. The summed E-state index contributed by atoms with van der Waals surface area (Å²) in [5.74, 6) is 0.487. The van der Waals surface area contributed by atoms with Crippen molar-refractivity contribution in [3.63, 3.8) is 0 Å². The van der Waals surface area contributed by atoms with Gasteiger partial charge in [-0.2, -0.15) is 0 Å². The molecule has 0 aliphatic heterocycles. The van der Waals surface area contributed by atoms with Crippen LogP contribution in [0.3, 0.4) is 0 Å². The van der Waals surface area contributed by atoms with Gasteiger partial charge >= 0.3 is 0 Å². The van der Waals surface area contributed by atoms with Gasteiger partial charge in [0.25, 0.3) is 5.91 Å². The highest BCUT2D eigenvalue weighted by Crippen LogP contribution is 2.16. The SMILES string of the molecule is Cc1ccccc1OC[C@H](C)NC(=O)c1cccc(NS(C)(=O)=O)c1. The molecule has 1 atom stereocenters. The summed E-state index contributed by atoms with van der Waals surface area (Å²) in [6.07, 6.45) is 1.06. The van der Waals surface area contributed by atoms with Crippen molar-refractivity contribution in [2.24, 2.45) is 0 Å². The lowest BCUT2D eigenvalue weighted by molar-refractivity contribution is 0.0926. The van der Waals surface area contributed by atoms with Crippen LogP contribution in [0.15, 0.2) is 48.5 Å². The third-order valence-electron chi connectivity index (χ3n) is 3.39. The number of carbonyl (C=O) groups excluding carboxylic acids is 1. The zero-order chi connectivity index (χ0) is 18.4. The smallest absolute Gasteiger partial charge is 0.251 e. The van der Waals surface area contributed by atoms with Gasteiger partial charge in [-0.05, 0) is 43.7 Å². The molecular weight excluding hydrogens is 340 g/mol. The Bertz CT molecular complexity index is 850. The molecule has 0 fully saturated rings. The monoisotopic (exact) mass is 362 g/mol. The molecule has 134 valence electrons. The van der Waals surface area contributed by atoms with E-state index in [2.05, 4.69) is 10.0 Å². The van der Waals surface area contributed by atoms with Gasteiger partial charge in [0.15, 0.2) is 0 Å². The van der Waals surface area contributed by atoms with E-state index < -0.39 is 10.0 Å². The van der Waals surface area contributed by atoms with E-state index >= 15 is 0 Å². The number of rotatable bonds is 7. The Balaban J connectivity index is 1.95. The van der Waals surface area contributed by atoms with Crippen molar-refractivity contribution < 1.29 is 17.9 Å². The van der Waals surface area contributed by atoms with Crippen LogP contribution in [0.4, 0.5) is 5.69 Å². The predicted octanol–water partition coefficient (Wildman–Crippen LogP) is 2.56. The summed E-state index contributed by atoms with van der Waals surface area (Å²) < 4.78 is 30.6. The van der Waals surface area contributed by atoms with Crippen LogP contribution in [0.1, 0.15) is 22.8 Å². The second-order valence-electron chi connectivity index (χ2n) is 5.91. The normalized spacial score (nSPS) is 12.3. The van der Waals surface area contributed by atoms with E-state index in [1.807, 2.05) is 38.1 Å². The van der Waals surface area contributed by atoms with Crippen molar-refractivity contribution in [3.8, 4) is 5.75 Å². The summed E-state index contributed by atoms with van der Waals surface area (Å²) in [5.41, 5.74) is 1.75. The maximum atomic E-state index is 12.3. The van der Waals surface area contributed by atoms with Crippen LogP contribution in [0, 0.1) is 6.92 Å². The third kappa shape index (κ3) is 6.11. The van der Waals surface area contributed by atoms with Crippen molar-refractivity contribution in [3.05, 3.63) is 59.7 Å². The largest absolute Gasteiger partial charge is 0.491 e. The summed E-state index contributed by atoms with van der Waals surface area (Å²) in [6, 6.07) is 13.8. The van der Waals surface area contributed by atoms with Gasteiger partial charge in [-0.15, -0.1) is 0 Å². The van der Waals surface area contributed by atoms with Gasteiger partial charge in [0, 0.05) is 11.3 Å². The fraction of sp³-hybridized carbons (Fsp3) is 0.278. The minimum Gasteiger partial charge on any atom is -0.491 e. The number of benzene rings is 2. The number of amides is 1. The minimum atomic E-state index is -3.39.